The number of methoxy groups -OCH3 is 2. The highest BCUT2D eigenvalue weighted by Gasteiger charge is 2.28. The van der Waals surface area contributed by atoms with E-state index in [1.54, 1.807) is 40.1 Å². The summed E-state index contributed by atoms with van der Waals surface area (Å²) in [5, 5.41) is 9.29. The first-order valence-corrected chi connectivity index (χ1v) is 9.09. The van der Waals surface area contributed by atoms with Crippen LogP contribution in [0.1, 0.15) is 31.1 Å². The summed E-state index contributed by atoms with van der Waals surface area (Å²) >= 11 is 0. The van der Waals surface area contributed by atoms with Crippen LogP contribution in [0.5, 0.6) is 11.5 Å². The van der Waals surface area contributed by atoms with Crippen molar-refractivity contribution in [3.8, 4) is 11.5 Å². The Hall–Kier alpha value is -3.55. The summed E-state index contributed by atoms with van der Waals surface area (Å²) in [5.74, 6) is -0.643. The van der Waals surface area contributed by atoms with E-state index in [9.17, 15) is 19.5 Å². The highest BCUT2D eigenvalue weighted by atomic mass is 16.5. The first kappa shape index (κ1) is 20.2. The molecule has 1 fully saturated rings. The number of amides is 2. The molecule has 1 heterocycles. The highest BCUT2D eigenvalue weighted by molar-refractivity contribution is 6.05. The number of hydrogen-bond donors (Lipinski definition) is 1. The van der Waals surface area contributed by atoms with E-state index in [-0.39, 0.29) is 22.9 Å². The molecule has 2 aromatic carbocycles. The van der Waals surface area contributed by atoms with Gasteiger partial charge in [0.05, 0.1) is 25.3 Å². The van der Waals surface area contributed by atoms with Gasteiger partial charge in [0, 0.05) is 31.7 Å². The van der Waals surface area contributed by atoms with Crippen molar-refractivity contribution in [2.24, 2.45) is 0 Å². The van der Waals surface area contributed by atoms with Crippen molar-refractivity contribution >= 4 is 17.8 Å². The molecule has 0 saturated carbocycles. The molecule has 2 aromatic rings. The number of carbonyl (C=O) groups excluding carboxylic acids is 2. The zero-order valence-corrected chi connectivity index (χ0v) is 16.3. The molecule has 0 aromatic heterocycles. The number of carbonyl (C=O) groups is 3. The molecule has 1 saturated heterocycles. The van der Waals surface area contributed by atoms with Gasteiger partial charge in [0.1, 0.15) is 0 Å². The van der Waals surface area contributed by atoms with Gasteiger partial charge in [-0.3, -0.25) is 9.59 Å². The molecule has 0 atom stereocenters. The number of rotatable bonds is 5. The Morgan fingerprint density at radius 2 is 1.34 bits per heavy atom. The van der Waals surface area contributed by atoms with E-state index in [2.05, 4.69) is 0 Å². The Bertz CT molecular complexity index is 935. The lowest BCUT2D eigenvalue weighted by Gasteiger charge is -2.35. The Kier molecular flexibility index (Phi) is 6.01. The van der Waals surface area contributed by atoms with Crippen LogP contribution in [0.2, 0.25) is 0 Å². The fraction of sp³-hybridized carbons (Fsp3) is 0.286. The van der Waals surface area contributed by atoms with Crippen molar-refractivity contribution in [3.63, 3.8) is 0 Å². The molecule has 0 radical (unpaired) electrons. The van der Waals surface area contributed by atoms with Crippen molar-refractivity contribution < 1.29 is 29.0 Å². The summed E-state index contributed by atoms with van der Waals surface area (Å²) in [5.41, 5.74) is 0.597. The average molecular weight is 398 g/mol. The molecule has 152 valence electrons. The minimum atomic E-state index is -1.14. The molecule has 1 N–H and O–H groups in total. The predicted octanol–water partition coefficient (Wildman–Crippen LogP) is 2.00. The first-order chi connectivity index (χ1) is 14.0. The van der Waals surface area contributed by atoms with Gasteiger partial charge in [-0.2, -0.15) is 0 Å². The summed E-state index contributed by atoms with van der Waals surface area (Å²) in [6, 6.07) is 11.1. The molecule has 0 spiro atoms. The second-order valence-electron chi connectivity index (χ2n) is 6.50. The quantitative estimate of drug-likeness (QED) is 0.828. The lowest BCUT2D eigenvalue weighted by atomic mass is 10.1. The SMILES string of the molecule is COc1ccc(C(=O)N2CCN(C(=O)c3ccccc3C(=O)O)CC2)cc1OC. The number of carboxylic acid groups (broad SMARTS) is 1. The fourth-order valence-electron chi connectivity index (χ4n) is 3.29. The maximum atomic E-state index is 12.8. The van der Waals surface area contributed by atoms with Gasteiger partial charge in [0.25, 0.3) is 11.8 Å². The van der Waals surface area contributed by atoms with Gasteiger partial charge < -0.3 is 24.4 Å². The zero-order chi connectivity index (χ0) is 21.0. The van der Waals surface area contributed by atoms with E-state index in [1.807, 2.05) is 0 Å². The molecule has 1 aliphatic heterocycles. The van der Waals surface area contributed by atoms with Crippen LogP contribution in [0.3, 0.4) is 0 Å². The van der Waals surface area contributed by atoms with E-state index in [1.165, 1.54) is 26.4 Å². The maximum absolute atomic E-state index is 12.8. The van der Waals surface area contributed by atoms with Crippen LogP contribution in [0.25, 0.3) is 0 Å². The lowest BCUT2D eigenvalue weighted by Crippen LogP contribution is -2.50. The normalized spacial score (nSPS) is 13.7. The van der Waals surface area contributed by atoms with Gasteiger partial charge in [-0.05, 0) is 30.3 Å². The lowest BCUT2D eigenvalue weighted by molar-refractivity contribution is 0.0531. The molecule has 8 heteroatoms. The van der Waals surface area contributed by atoms with Gasteiger partial charge in [-0.1, -0.05) is 12.1 Å². The molecule has 2 amide bonds. The number of ether oxygens (including phenoxy) is 2. The van der Waals surface area contributed by atoms with Crippen molar-refractivity contribution in [2.75, 3.05) is 40.4 Å². The van der Waals surface area contributed by atoms with Crippen molar-refractivity contribution in [1.29, 1.82) is 0 Å². The molecule has 8 nitrogen and oxygen atoms in total. The molecule has 29 heavy (non-hydrogen) atoms. The number of hydrogen-bond acceptors (Lipinski definition) is 5. The van der Waals surface area contributed by atoms with E-state index >= 15 is 0 Å². The zero-order valence-electron chi connectivity index (χ0n) is 16.3. The van der Waals surface area contributed by atoms with Crippen LogP contribution in [-0.2, 0) is 0 Å². The van der Waals surface area contributed by atoms with Crippen LogP contribution in [0, 0.1) is 0 Å². The molecular weight excluding hydrogens is 376 g/mol. The van der Waals surface area contributed by atoms with E-state index in [0.717, 1.165) is 0 Å². The van der Waals surface area contributed by atoms with E-state index < -0.39 is 5.97 Å². The van der Waals surface area contributed by atoms with Crippen LogP contribution < -0.4 is 9.47 Å². The summed E-state index contributed by atoms with van der Waals surface area (Å²) in [7, 11) is 3.03. The third-order valence-electron chi connectivity index (χ3n) is 4.87. The van der Waals surface area contributed by atoms with E-state index in [4.69, 9.17) is 9.47 Å². The summed E-state index contributed by atoms with van der Waals surface area (Å²) < 4.78 is 10.4. The summed E-state index contributed by atoms with van der Waals surface area (Å²) in [4.78, 5) is 40.2. The van der Waals surface area contributed by atoms with Crippen LogP contribution in [-0.4, -0.2) is 73.1 Å². The molecule has 0 bridgehead atoms. The predicted molar refractivity (Wildman–Crippen MR) is 105 cm³/mol. The topological polar surface area (TPSA) is 96.4 Å². The Morgan fingerprint density at radius 3 is 1.90 bits per heavy atom. The largest absolute Gasteiger partial charge is 0.493 e. The van der Waals surface area contributed by atoms with Crippen molar-refractivity contribution in [2.45, 2.75) is 0 Å². The Labute approximate surface area is 168 Å². The molecular formula is C21H22N2O6. The van der Waals surface area contributed by atoms with Gasteiger partial charge in [0.2, 0.25) is 0 Å². The second kappa shape index (κ2) is 8.64. The monoisotopic (exact) mass is 398 g/mol. The summed E-state index contributed by atoms with van der Waals surface area (Å²) in [6.45, 7) is 1.36. The van der Waals surface area contributed by atoms with Gasteiger partial charge in [0.15, 0.2) is 11.5 Å². The Balaban J connectivity index is 1.68. The number of nitrogens with zero attached hydrogens (tertiary/aromatic N) is 2. The highest BCUT2D eigenvalue weighted by Crippen LogP contribution is 2.28. The number of piperazine rings is 1. The minimum absolute atomic E-state index is 0.0265. The smallest absolute Gasteiger partial charge is 0.336 e. The van der Waals surface area contributed by atoms with E-state index in [0.29, 0.717) is 43.2 Å². The number of carboxylic acids is 1. The standard InChI is InChI=1S/C21H22N2O6/c1-28-17-8-7-14(13-18(17)29-2)19(24)22-9-11-23(12-10-22)20(25)15-5-3-4-6-16(15)21(26)27/h3-8,13H,9-12H2,1-2H3,(H,26,27). The first-order valence-electron chi connectivity index (χ1n) is 9.09. The van der Waals surface area contributed by atoms with Gasteiger partial charge in [-0.25, -0.2) is 4.79 Å². The van der Waals surface area contributed by atoms with Gasteiger partial charge >= 0.3 is 5.97 Å². The van der Waals surface area contributed by atoms with Crippen molar-refractivity contribution in [3.05, 3.63) is 59.2 Å². The minimum Gasteiger partial charge on any atom is -0.493 e. The second-order valence-corrected chi connectivity index (χ2v) is 6.50. The molecule has 0 aliphatic carbocycles. The molecule has 0 unspecified atom stereocenters. The van der Waals surface area contributed by atoms with Crippen molar-refractivity contribution in [1.82, 2.24) is 9.80 Å². The molecule has 3 rings (SSSR count). The third-order valence-corrected chi connectivity index (χ3v) is 4.87. The maximum Gasteiger partial charge on any atom is 0.336 e. The molecule has 1 aliphatic rings. The number of aromatic carboxylic acids is 1. The average Bonchev–Trinajstić information content (AvgIpc) is 2.77. The van der Waals surface area contributed by atoms with Gasteiger partial charge in [-0.15, -0.1) is 0 Å². The van der Waals surface area contributed by atoms with Crippen LogP contribution in [0.4, 0.5) is 0 Å². The number of benzene rings is 2. The fourth-order valence-corrected chi connectivity index (χ4v) is 3.29. The summed E-state index contributed by atoms with van der Waals surface area (Å²) in [6.07, 6.45) is 0. The Morgan fingerprint density at radius 1 is 0.793 bits per heavy atom. The van der Waals surface area contributed by atoms with Crippen LogP contribution >= 0.6 is 0 Å². The van der Waals surface area contributed by atoms with Crippen LogP contribution in [0.15, 0.2) is 42.5 Å². The third kappa shape index (κ3) is 4.16.